The normalized spacial score (nSPS) is 14.8. The zero-order chi connectivity index (χ0) is 26.4. The molecule has 35 heavy (non-hydrogen) atoms. The Balaban J connectivity index is 3.97. The van der Waals surface area contributed by atoms with Gasteiger partial charge in [-0.3, -0.25) is 9.36 Å². The maximum atomic E-state index is 12.0. The number of likely N-dealkylation sites (N-methyl/N-ethyl adjacent to an activating group) is 1. The molecule has 0 aromatic heterocycles. The van der Waals surface area contributed by atoms with E-state index in [0.29, 0.717) is 17.6 Å². The predicted octanol–water partition coefficient (Wildman–Crippen LogP) is 5.40. The second-order valence-electron chi connectivity index (χ2n) is 10.0. The molecule has 0 saturated carbocycles. The molecule has 0 rings (SSSR count). The third kappa shape index (κ3) is 24.7. The third-order valence-corrected chi connectivity index (χ3v) is 6.34. The monoisotopic (exact) mass is 521 g/mol. The van der Waals surface area contributed by atoms with Gasteiger partial charge in [0.15, 0.2) is 0 Å². The first kappa shape index (κ1) is 34.2. The van der Waals surface area contributed by atoms with Crippen LogP contribution in [-0.2, 0) is 27.9 Å². The predicted molar refractivity (Wildman–Crippen MR) is 139 cm³/mol. The number of nitrogens with zero attached hydrogens (tertiary/aromatic N) is 1. The first-order valence-electron chi connectivity index (χ1n) is 13.4. The minimum Gasteiger partial charge on any atom is -0.756 e. The number of unbranched alkanes of at least 4 members (excludes halogenated alkanes) is 9. The highest BCUT2D eigenvalue weighted by Gasteiger charge is 2.19. The molecule has 0 aliphatic rings. The highest BCUT2D eigenvalue weighted by atomic mass is 31.2. The van der Waals surface area contributed by atoms with Crippen molar-refractivity contribution in [3.63, 3.8) is 0 Å². The molecule has 2 unspecified atom stereocenters. The van der Waals surface area contributed by atoms with Gasteiger partial charge in [0.05, 0.1) is 34.4 Å². The van der Waals surface area contributed by atoms with Gasteiger partial charge in [-0.2, -0.15) is 0 Å². The Bertz CT molecular complexity index is 593. The molecule has 0 aromatic carbocycles. The van der Waals surface area contributed by atoms with E-state index in [9.17, 15) is 14.3 Å². The molecule has 0 bridgehead atoms. The molecule has 8 nitrogen and oxygen atoms in total. The number of quaternary nitrogens is 1. The van der Waals surface area contributed by atoms with Crippen LogP contribution in [-0.4, -0.2) is 70.7 Å². The summed E-state index contributed by atoms with van der Waals surface area (Å²) in [5.74, 6) is -0.426. The Kier molecular flexibility index (Phi) is 20.9. The van der Waals surface area contributed by atoms with Crippen LogP contribution in [0.4, 0.5) is 0 Å². The lowest BCUT2D eigenvalue weighted by atomic mass is 10.1. The van der Waals surface area contributed by atoms with Gasteiger partial charge in [0.25, 0.3) is 7.82 Å². The van der Waals surface area contributed by atoms with E-state index >= 15 is 0 Å². The van der Waals surface area contributed by atoms with E-state index in [-0.39, 0.29) is 26.2 Å². The smallest absolute Gasteiger partial charge is 0.305 e. The lowest BCUT2D eigenvalue weighted by Gasteiger charge is -2.28. The van der Waals surface area contributed by atoms with Crippen LogP contribution in [0.15, 0.2) is 12.2 Å². The summed E-state index contributed by atoms with van der Waals surface area (Å²) in [4.78, 5) is 23.7. The number of carbonyl (C=O) groups excluding carboxylic acids is 1. The fraction of sp³-hybridized carbons (Fsp3) is 0.885. The summed E-state index contributed by atoms with van der Waals surface area (Å²) in [6, 6.07) is 0. The maximum Gasteiger partial charge on any atom is 0.305 e. The van der Waals surface area contributed by atoms with Crippen LogP contribution in [0.5, 0.6) is 0 Å². The first-order valence-corrected chi connectivity index (χ1v) is 14.9. The average Bonchev–Trinajstić information content (AvgIpc) is 2.78. The summed E-state index contributed by atoms with van der Waals surface area (Å²) in [5.41, 5.74) is 0. The largest absolute Gasteiger partial charge is 0.756 e. The van der Waals surface area contributed by atoms with Gasteiger partial charge in [-0.15, -0.1) is 0 Å². The van der Waals surface area contributed by atoms with Gasteiger partial charge in [-0.05, 0) is 32.1 Å². The van der Waals surface area contributed by atoms with Crippen LogP contribution >= 0.6 is 7.82 Å². The summed E-state index contributed by atoms with van der Waals surface area (Å²) in [6.45, 7) is 4.76. The second kappa shape index (κ2) is 21.3. The molecule has 0 spiro atoms. The number of ether oxygens (including phenoxy) is 2. The summed E-state index contributed by atoms with van der Waals surface area (Å²) < 4.78 is 33.3. The number of phosphoric ester groups is 1. The summed E-state index contributed by atoms with van der Waals surface area (Å²) in [7, 11) is 1.34. The van der Waals surface area contributed by atoms with Crippen molar-refractivity contribution in [3.8, 4) is 0 Å². The van der Waals surface area contributed by atoms with Crippen molar-refractivity contribution >= 4 is 13.8 Å². The molecule has 0 aliphatic heterocycles. The van der Waals surface area contributed by atoms with Crippen molar-refractivity contribution < 1.29 is 37.3 Å². The van der Waals surface area contributed by atoms with E-state index in [4.69, 9.17) is 18.5 Å². The molecule has 0 radical (unpaired) electrons. The Hall–Kier alpha value is -0.760. The van der Waals surface area contributed by atoms with Gasteiger partial charge < -0.3 is 27.9 Å². The number of rotatable bonds is 24. The van der Waals surface area contributed by atoms with Crippen molar-refractivity contribution in [3.05, 3.63) is 12.2 Å². The van der Waals surface area contributed by atoms with Crippen molar-refractivity contribution in [2.24, 2.45) is 0 Å². The van der Waals surface area contributed by atoms with Gasteiger partial charge >= 0.3 is 5.97 Å². The number of carbonyl (C=O) groups is 1. The molecule has 0 N–H and O–H groups in total. The Morgan fingerprint density at radius 1 is 0.857 bits per heavy atom. The van der Waals surface area contributed by atoms with Gasteiger partial charge in [0.2, 0.25) is 0 Å². The van der Waals surface area contributed by atoms with Crippen LogP contribution in [0.3, 0.4) is 0 Å². The molecule has 0 aromatic rings. The molecule has 0 fully saturated rings. The minimum atomic E-state index is -4.47. The third-order valence-electron chi connectivity index (χ3n) is 5.37. The zero-order valence-corrected chi connectivity index (χ0v) is 23.9. The Morgan fingerprint density at radius 2 is 1.46 bits per heavy atom. The highest BCUT2D eigenvalue weighted by molar-refractivity contribution is 7.45. The lowest BCUT2D eigenvalue weighted by molar-refractivity contribution is -0.870. The molecule has 208 valence electrons. The van der Waals surface area contributed by atoms with Crippen molar-refractivity contribution in [2.75, 3.05) is 54.1 Å². The molecular formula is C26H52NO7P. The van der Waals surface area contributed by atoms with E-state index in [0.717, 1.165) is 12.8 Å². The highest BCUT2D eigenvalue weighted by Crippen LogP contribution is 2.38. The molecular weight excluding hydrogens is 469 g/mol. The lowest BCUT2D eigenvalue weighted by Crippen LogP contribution is -2.37. The molecule has 0 amide bonds. The van der Waals surface area contributed by atoms with Gasteiger partial charge in [-0.25, -0.2) is 0 Å². The molecule has 9 heteroatoms. The molecule has 0 aliphatic carbocycles. The van der Waals surface area contributed by atoms with E-state index < -0.39 is 19.9 Å². The number of allylic oxidation sites excluding steroid dienone is 2. The van der Waals surface area contributed by atoms with E-state index in [1.54, 1.807) is 6.92 Å². The fourth-order valence-electron chi connectivity index (χ4n) is 3.16. The van der Waals surface area contributed by atoms with Gasteiger partial charge in [0, 0.05) is 13.0 Å². The van der Waals surface area contributed by atoms with Crippen molar-refractivity contribution in [1.82, 2.24) is 0 Å². The van der Waals surface area contributed by atoms with Crippen LogP contribution in [0.25, 0.3) is 0 Å². The van der Waals surface area contributed by atoms with Crippen molar-refractivity contribution in [1.29, 1.82) is 0 Å². The fourth-order valence-corrected chi connectivity index (χ4v) is 3.89. The topological polar surface area (TPSA) is 94.1 Å². The summed E-state index contributed by atoms with van der Waals surface area (Å²) in [6.07, 6.45) is 17.2. The standard InChI is InChI=1S/C26H52NO7P/c1-6-8-9-10-11-12-13-14-15-16-17-18-19-21-31-23-25(34-26(28)7-2)24-33-35(29,30)32-22-20-27(3,4)5/h11-12,25H,6-10,13-24H2,1-5H3/b12-11-. The molecule has 0 heterocycles. The number of hydrogen-bond acceptors (Lipinski definition) is 7. The number of esters is 1. The summed E-state index contributed by atoms with van der Waals surface area (Å²) >= 11 is 0. The SMILES string of the molecule is CCCCC/C=C\CCCCCCCCOCC(COP(=O)([O-])OCC[N+](C)(C)C)OC(=O)CC. The number of phosphoric acid groups is 1. The van der Waals surface area contributed by atoms with E-state index in [1.165, 1.54) is 57.8 Å². The first-order chi connectivity index (χ1) is 16.6. The molecule has 0 saturated heterocycles. The van der Waals surface area contributed by atoms with Gasteiger partial charge in [0.1, 0.15) is 19.3 Å². The van der Waals surface area contributed by atoms with Gasteiger partial charge in [-0.1, -0.05) is 64.5 Å². The Labute approximate surface area is 214 Å². The average molecular weight is 522 g/mol. The second-order valence-corrected chi connectivity index (χ2v) is 11.4. The zero-order valence-electron chi connectivity index (χ0n) is 23.0. The molecule has 2 atom stereocenters. The minimum absolute atomic E-state index is 0.0237. The maximum absolute atomic E-state index is 12.0. The van der Waals surface area contributed by atoms with Crippen LogP contribution in [0.1, 0.15) is 90.9 Å². The van der Waals surface area contributed by atoms with Crippen molar-refractivity contribution in [2.45, 2.75) is 97.0 Å². The Morgan fingerprint density at radius 3 is 2.06 bits per heavy atom. The van der Waals surface area contributed by atoms with Crippen LogP contribution in [0.2, 0.25) is 0 Å². The van der Waals surface area contributed by atoms with Crippen LogP contribution < -0.4 is 4.89 Å². The van der Waals surface area contributed by atoms with E-state index in [1.807, 2.05) is 21.1 Å². The van der Waals surface area contributed by atoms with Crippen LogP contribution in [0, 0.1) is 0 Å². The van der Waals surface area contributed by atoms with E-state index in [2.05, 4.69) is 19.1 Å². The summed E-state index contributed by atoms with van der Waals surface area (Å²) in [5, 5.41) is 0. The quantitative estimate of drug-likeness (QED) is 0.0552. The number of hydrogen-bond donors (Lipinski definition) is 0.